The van der Waals surface area contributed by atoms with Gasteiger partial charge in [-0.1, -0.05) is 24.3 Å². The number of nitrogens with zero attached hydrogens (tertiary/aromatic N) is 2. The topological polar surface area (TPSA) is 108 Å². The largest absolute Gasteiger partial charge is 0.392 e. The van der Waals surface area contributed by atoms with Crippen LogP contribution in [0.3, 0.4) is 0 Å². The van der Waals surface area contributed by atoms with Gasteiger partial charge in [0, 0.05) is 53.4 Å². The van der Waals surface area contributed by atoms with Gasteiger partial charge in [-0.3, -0.25) is 19.3 Å². The van der Waals surface area contributed by atoms with Crippen molar-refractivity contribution in [3.8, 4) is 0 Å². The smallest absolute Gasteiger partial charge is 0.345 e. The molecule has 2 aliphatic rings. The molecule has 0 bridgehead atoms. The van der Waals surface area contributed by atoms with Crippen molar-refractivity contribution >= 4 is 46.3 Å². The average molecular weight is 729 g/mol. The summed E-state index contributed by atoms with van der Waals surface area (Å²) >= 11 is 1.38. The monoisotopic (exact) mass is 728 g/mol. The molecule has 52 heavy (non-hydrogen) atoms. The fourth-order valence-electron chi connectivity index (χ4n) is 7.12. The lowest BCUT2D eigenvalue weighted by Crippen LogP contribution is -2.57. The first kappa shape index (κ1) is 37.0. The van der Waals surface area contributed by atoms with Crippen LogP contribution in [-0.4, -0.2) is 66.3 Å². The lowest BCUT2D eigenvalue weighted by molar-refractivity contribution is -0.123. The van der Waals surface area contributed by atoms with Gasteiger partial charge in [-0.25, -0.2) is 13.6 Å². The van der Waals surface area contributed by atoms with Crippen LogP contribution >= 0.6 is 11.3 Å². The van der Waals surface area contributed by atoms with Crippen molar-refractivity contribution in [2.45, 2.75) is 64.5 Å². The summed E-state index contributed by atoms with van der Waals surface area (Å²) in [7, 11) is 2.13. The molecular weight excluding hydrogens is 687 g/mol. The molecule has 1 fully saturated rings. The molecule has 0 atom stereocenters. The minimum atomic E-state index is -0.804. The number of carbonyl (C=O) groups is 4. The number of halogens is 2. The fourth-order valence-corrected chi connectivity index (χ4v) is 8.41. The van der Waals surface area contributed by atoms with E-state index in [0.29, 0.717) is 29.1 Å². The quantitative estimate of drug-likeness (QED) is 0.0970. The molecule has 0 unspecified atom stereocenters. The minimum absolute atomic E-state index is 0.0119. The number of anilines is 2. The molecule has 2 amide bonds. The van der Waals surface area contributed by atoms with Gasteiger partial charge in [-0.2, -0.15) is 0 Å². The Kier molecular flexibility index (Phi) is 11.3. The third-order valence-corrected chi connectivity index (χ3v) is 11.1. The zero-order valence-corrected chi connectivity index (χ0v) is 30.3. The molecule has 1 aromatic heterocycles. The van der Waals surface area contributed by atoms with E-state index < -0.39 is 23.5 Å². The summed E-state index contributed by atoms with van der Waals surface area (Å²) in [5.74, 6) is -3.27. The zero-order valence-electron chi connectivity index (χ0n) is 29.5. The molecule has 9 nitrogen and oxygen atoms in total. The third kappa shape index (κ3) is 8.46. The molecule has 12 heteroatoms. The van der Waals surface area contributed by atoms with Gasteiger partial charge in [0.25, 0.3) is 11.8 Å². The van der Waals surface area contributed by atoms with E-state index in [1.807, 2.05) is 18.2 Å². The number of hydrogen-bond acceptors (Lipinski definition) is 8. The number of fused-ring (bicyclic) bond motifs is 1. The molecule has 1 aliphatic carbocycles. The van der Waals surface area contributed by atoms with E-state index in [1.165, 1.54) is 23.5 Å². The summed E-state index contributed by atoms with van der Waals surface area (Å²) < 4.78 is 34.9. The summed E-state index contributed by atoms with van der Waals surface area (Å²) in [6.07, 6.45) is 3.64. The molecule has 6 rings (SSSR count). The number of carbonyl (C=O) groups excluding carboxylic acids is 4. The van der Waals surface area contributed by atoms with Crippen molar-refractivity contribution in [2.75, 3.05) is 37.3 Å². The Morgan fingerprint density at radius 1 is 0.885 bits per heavy atom. The van der Waals surface area contributed by atoms with Gasteiger partial charge in [-0.05, 0) is 113 Å². The highest BCUT2D eigenvalue weighted by Crippen LogP contribution is 2.39. The number of amides is 2. The number of nitrogens with one attached hydrogen (secondary N) is 2. The van der Waals surface area contributed by atoms with Crippen LogP contribution in [0.1, 0.15) is 84.9 Å². The summed E-state index contributed by atoms with van der Waals surface area (Å²) in [6.45, 7) is 8.07. The SMILES string of the molecule is CN1CCN(Cc2cccc(C(=O)Nc3sc4c(c3C(=O)Nc3cc(F)c(CCc5ccc(C(=O)OC=O)cc5)c(F)c3)CCCC4)c2)C(C)(C)C1. The van der Waals surface area contributed by atoms with Crippen LogP contribution < -0.4 is 10.6 Å². The molecule has 1 aliphatic heterocycles. The number of rotatable bonds is 11. The van der Waals surface area contributed by atoms with Crippen molar-refractivity contribution in [2.24, 2.45) is 0 Å². The maximum absolute atomic E-state index is 15.3. The number of likely N-dealkylation sites (N-methyl/N-ethyl adjacent to an activating group) is 1. The Morgan fingerprint density at radius 3 is 2.33 bits per heavy atom. The van der Waals surface area contributed by atoms with Crippen LogP contribution in [0.2, 0.25) is 0 Å². The van der Waals surface area contributed by atoms with E-state index >= 15 is 8.78 Å². The molecule has 1 saturated heterocycles. The Bertz CT molecular complexity index is 1970. The molecule has 272 valence electrons. The number of esters is 1. The molecule has 4 aromatic rings. The van der Waals surface area contributed by atoms with Crippen LogP contribution in [0.5, 0.6) is 0 Å². The van der Waals surface area contributed by atoms with Crippen LogP contribution in [0.25, 0.3) is 0 Å². The highest BCUT2D eigenvalue weighted by atomic mass is 32.1. The molecule has 0 spiro atoms. The second-order valence-corrected chi connectivity index (χ2v) is 15.2. The van der Waals surface area contributed by atoms with E-state index in [0.717, 1.165) is 72.6 Å². The first-order valence-electron chi connectivity index (χ1n) is 17.4. The summed E-state index contributed by atoms with van der Waals surface area (Å²) in [6, 6.07) is 15.9. The third-order valence-electron chi connectivity index (χ3n) is 9.86. The first-order chi connectivity index (χ1) is 24.9. The van der Waals surface area contributed by atoms with Gasteiger partial charge in [0.15, 0.2) is 0 Å². The maximum atomic E-state index is 15.3. The molecule has 2 heterocycles. The van der Waals surface area contributed by atoms with Crippen LogP contribution in [0.15, 0.2) is 60.7 Å². The predicted molar refractivity (Wildman–Crippen MR) is 197 cm³/mol. The highest BCUT2D eigenvalue weighted by molar-refractivity contribution is 7.17. The summed E-state index contributed by atoms with van der Waals surface area (Å²) in [4.78, 5) is 55.3. The summed E-state index contributed by atoms with van der Waals surface area (Å²) in [5.41, 5.74) is 3.42. The van der Waals surface area contributed by atoms with Gasteiger partial charge >= 0.3 is 12.4 Å². The Morgan fingerprint density at radius 2 is 1.62 bits per heavy atom. The van der Waals surface area contributed by atoms with Crippen LogP contribution in [-0.2, 0) is 41.8 Å². The number of piperazine rings is 1. The Labute approximate surface area is 306 Å². The lowest BCUT2D eigenvalue weighted by Gasteiger charge is -2.46. The lowest BCUT2D eigenvalue weighted by atomic mass is 9.95. The number of thiophene rings is 1. The van der Waals surface area contributed by atoms with E-state index in [1.54, 1.807) is 18.2 Å². The first-order valence-corrected chi connectivity index (χ1v) is 18.2. The van der Waals surface area contributed by atoms with Crippen molar-refractivity contribution < 1.29 is 32.7 Å². The predicted octanol–water partition coefficient (Wildman–Crippen LogP) is 7.03. The second kappa shape index (κ2) is 15.9. The normalized spacial score (nSPS) is 15.8. The van der Waals surface area contributed by atoms with Gasteiger partial charge < -0.3 is 20.3 Å². The van der Waals surface area contributed by atoms with Gasteiger partial charge in [-0.15, -0.1) is 11.3 Å². The number of hydrogen-bond donors (Lipinski definition) is 2. The fraction of sp³-hybridized carbons (Fsp3) is 0.350. The van der Waals surface area contributed by atoms with E-state index in [4.69, 9.17) is 0 Å². The average Bonchev–Trinajstić information content (AvgIpc) is 3.47. The molecular formula is C40H42F2N4O5S. The van der Waals surface area contributed by atoms with Gasteiger partial charge in [0.1, 0.15) is 16.6 Å². The highest BCUT2D eigenvalue weighted by Gasteiger charge is 2.32. The maximum Gasteiger partial charge on any atom is 0.345 e. The van der Waals surface area contributed by atoms with Gasteiger partial charge in [0.05, 0.1) is 11.1 Å². The van der Waals surface area contributed by atoms with Crippen molar-refractivity contribution in [1.82, 2.24) is 9.80 Å². The molecule has 3 aromatic carbocycles. The van der Waals surface area contributed by atoms with Crippen molar-refractivity contribution in [1.29, 1.82) is 0 Å². The summed E-state index contributed by atoms with van der Waals surface area (Å²) in [5, 5.41) is 6.09. The van der Waals surface area contributed by atoms with E-state index in [9.17, 15) is 19.2 Å². The van der Waals surface area contributed by atoms with Crippen molar-refractivity contribution in [3.05, 3.63) is 116 Å². The van der Waals surface area contributed by atoms with E-state index in [2.05, 4.69) is 46.1 Å². The van der Waals surface area contributed by atoms with Crippen LogP contribution in [0, 0.1) is 11.6 Å². The Balaban J connectivity index is 1.15. The molecule has 0 saturated carbocycles. The Hall–Kier alpha value is -4.78. The molecule has 0 radical (unpaired) electrons. The number of ether oxygens (including phenoxy) is 1. The standard InChI is InChI=1S/C40H42F2N4O5S/c1-40(2)23-45(3)17-18-46(40)22-26-7-6-8-28(19-26)36(48)44-38-35(31-9-4-5-10-34(31)52-38)37(49)43-29-20-32(41)30(33(42)21-29)16-13-25-11-14-27(15-12-25)39(50)51-24-47/h6-8,11-12,14-15,19-21,24H,4-5,9-10,13,16-18,22-23H2,1-3H3,(H,43,49)(H,44,48). The van der Waals surface area contributed by atoms with Gasteiger partial charge in [0.2, 0.25) is 0 Å². The molecule has 2 N–H and O–H groups in total. The van der Waals surface area contributed by atoms with E-state index in [-0.39, 0.29) is 47.6 Å². The minimum Gasteiger partial charge on any atom is -0.392 e. The number of aryl methyl sites for hydroxylation is 2. The van der Waals surface area contributed by atoms with Crippen LogP contribution in [0.4, 0.5) is 19.5 Å². The zero-order chi connectivity index (χ0) is 37.0. The number of benzene rings is 3. The van der Waals surface area contributed by atoms with Crippen molar-refractivity contribution in [3.63, 3.8) is 0 Å². The second-order valence-electron chi connectivity index (χ2n) is 14.1.